The highest BCUT2D eigenvalue weighted by Crippen LogP contribution is 2.71. The third kappa shape index (κ3) is 2.62. The Hall–Kier alpha value is -1.85. The Labute approximate surface area is 143 Å². The van der Waals surface area contributed by atoms with Gasteiger partial charge in [-0.15, -0.1) is 6.58 Å². The molecule has 2 rings (SSSR count). The molecule has 2 fully saturated rings. The van der Waals surface area contributed by atoms with Crippen molar-refractivity contribution < 1.29 is 19.1 Å². The molecule has 134 valence electrons. The van der Waals surface area contributed by atoms with Gasteiger partial charge in [0, 0.05) is 12.5 Å². The van der Waals surface area contributed by atoms with E-state index in [1.54, 1.807) is 6.08 Å². The fraction of sp³-hybridized carbons (Fsp3) is 0.722. The fourth-order valence-electron chi connectivity index (χ4n) is 4.42. The lowest BCUT2D eigenvalue weighted by molar-refractivity contribution is -0.157. The maximum Gasteiger partial charge on any atom is 0.315 e. The van der Waals surface area contributed by atoms with Gasteiger partial charge in [0.2, 0.25) is 11.8 Å². The fourth-order valence-corrected chi connectivity index (χ4v) is 4.42. The van der Waals surface area contributed by atoms with Crippen molar-refractivity contribution >= 4 is 17.8 Å². The number of hydrogen-bond acceptors (Lipinski definition) is 4. The van der Waals surface area contributed by atoms with E-state index in [0.717, 1.165) is 0 Å². The zero-order valence-corrected chi connectivity index (χ0v) is 15.2. The quantitative estimate of drug-likeness (QED) is 0.589. The van der Waals surface area contributed by atoms with E-state index in [9.17, 15) is 14.4 Å². The van der Waals surface area contributed by atoms with E-state index in [2.05, 4.69) is 17.2 Å². The highest BCUT2D eigenvalue weighted by Gasteiger charge is 2.81. The van der Waals surface area contributed by atoms with Crippen molar-refractivity contribution in [3.05, 3.63) is 12.7 Å². The predicted octanol–water partition coefficient (Wildman–Crippen LogP) is 1.55. The van der Waals surface area contributed by atoms with Gasteiger partial charge < -0.3 is 15.4 Å². The number of carbonyl (C=O) groups is 3. The Balaban J connectivity index is 2.56. The van der Waals surface area contributed by atoms with Crippen molar-refractivity contribution in [2.45, 2.75) is 58.0 Å². The van der Waals surface area contributed by atoms with Crippen LogP contribution in [0.2, 0.25) is 0 Å². The lowest BCUT2D eigenvalue weighted by atomic mass is 9.72. The number of esters is 1. The van der Waals surface area contributed by atoms with Crippen LogP contribution in [-0.2, 0) is 19.1 Å². The third-order valence-electron chi connectivity index (χ3n) is 5.21. The summed E-state index contributed by atoms with van der Waals surface area (Å²) in [5, 5.41) is 5.82. The molecule has 0 heterocycles. The number of methoxy groups -OCH3 is 1. The molecule has 0 spiro atoms. The first-order valence-electron chi connectivity index (χ1n) is 8.36. The lowest BCUT2D eigenvalue weighted by Crippen LogP contribution is -2.69. The Bertz CT molecular complexity index is 580. The largest absolute Gasteiger partial charge is 0.469 e. The first kappa shape index (κ1) is 18.5. The molecule has 2 aliphatic carbocycles. The molecule has 0 bridgehead atoms. The van der Waals surface area contributed by atoms with Gasteiger partial charge >= 0.3 is 5.97 Å². The van der Waals surface area contributed by atoms with E-state index in [0.29, 0.717) is 19.3 Å². The van der Waals surface area contributed by atoms with Crippen LogP contribution in [0.3, 0.4) is 0 Å². The highest BCUT2D eigenvalue weighted by atomic mass is 16.5. The predicted molar refractivity (Wildman–Crippen MR) is 89.9 cm³/mol. The van der Waals surface area contributed by atoms with Gasteiger partial charge in [-0.2, -0.15) is 0 Å². The van der Waals surface area contributed by atoms with Crippen molar-refractivity contribution in [2.75, 3.05) is 7.11 Å². The molecule has 2 aliphatic rings. The summed E-state index contributed by atoms with van der Waals surface area (Å²) in [5.74, 6) is -1.20. The number of nitrogens with one attached hydrogen (secondary N) is 2. The SMILES string of the molecule is C=CCC1C[C@@H]2C[C@]2(C(=O)OC)C1(NC(C)=O)C(=O)NC(C)(C)C. The van der Waals surface area contributed by atoms with E-state index in [4.69, 9.17) is 4.74 Å². The van der Waals surface area contributed by atoms with Crippen molar-refractivity contribution in [2.24, 2.45) is 17.3 Å². The van der Waals surface area contributed by atoms with E-state index in [1.807, 2.05) is 20.8 Å². The van der Waals surface area contributed by atoms with Gasteiger partial charge in [0.25, 0.3) is 0 Å². The Kier molecular flexibility index (Phi) is 4.55. The number of hydrogen-bond donors (Lipinski definition) is 2. The summed E-state index contributed by atoms with van der Waals surface area (Å²) in [6.07, 6.45) is 3.54. The van der Waals surface area contributed by atoms with Crippen LogP contribution in [0.25, 0.3) is 0 Å². The Morgan fingerprint density at radius 1 is 1.33 bits per heavy atom. The van der Waals surface area contributed by atoms with Crippen molar-refractivity contribution in [1.29, 1.82) is 0 Å². The van der Waals surface area contributed by atoms with Gasteiger partial charge in [0.1, 0.15) is 11.0 Å². The van der Waals surface area contributed by atoms with Gasteiger partial charge in [-0.25, -0.2) is 0 Å². The maximum atomic E-state index is 13.3. The molecule has 0 aromatic heterocycles. The molecular formula is C18H28N2O4. The van der Waals surface area contributed by atoms with Crippen molar-refractivity contribution in [3.63, 3.8) is 0 Å². The average Bonchev–Trinajstić information content (AvgIpc) is 3.10. The second-order valence-corrected chi connectivity index (χ2v) is 8.01. The average molecular weight is 336 g/mol. The summed E-state index contributed by atoms with van der Waals surface area (Å²) in [5.41, 5.74) is -2.75. The summed E-state index contributed by atoms with van der Waals surface area (Å²) in [4.78, 5) is 37.9. The third-order valence-corrected chi connectivity index (χ3v) is 5.21. The molecule has 2 unspecified atom stereocenters. The number of rotatable bonds is 5. The zero-order valence-electron chi connectivity index (χ0n) is 15.2. The topological polar surface area (TPSA) is 84.5 Å². The van der Waals surface area contributed by atoms with Crippen molar-refractivity contribution in [3.8, 4) is 0 Å². The van der Waals surface area contributed by atoms with Crippen LogP contribution in [-0.4, -0.2) is 36.0 Å². The van der Waals surface area contributed by atoms with Crippen LogP contribution in [0.4, 0.5) is 0 Å². The van der Waals surface area contributed by atoms with E-state index in [1.165, 1.54) is 14.0 Å². The number of carbonyl (C=O) groups excluding carboxylic acids is 3. The number of fused-ring (bicyclic) bond motifs is 1. The molecule has 0 saturated heterocycles. The maximum absolute atomic E-state index is 13.3. The summed E-state index contributed by atoms with van der Waals surface area (Å²) >= 11 is 0. The Morgan fingerprint density at radius 2 is 1.96 bits per heavy atom. The Morgan fingerprint density at radius 3 is 2.42 bits per heavy atom. The van der Waals surface area contributed by atoms with Crippen LogP contribution >= 0.6 is 0 Å². The summed E-state index contributed by atoms with van der Waals surface area (Å²) < 4.78 is 5.03. The smallest absolute Gasteiger partial charge is 0.315 e. The summed E-state index contributed by atoms with van der Waals surface area (Å²) in [7, 11) is 1.33. The molecule has 0 aliphatic heterocycles. The second kappa shape index (κ2) is 5.90. The van der Waals surface area contributed by atoms with Gasteiger partial charge in [-0.3, -0.25) is 14.4 Å². The zero-order chi connectivity index (χ0) is 18.3. The standard InChI is InChI=1S/C18H28N2O4/c1-7-8-12-9-13-10-17(13,15(23)24-6)18(12,19-11(2)21)14(22)20-16(3,4)5/h7,12-13H,1,8-10H2,2-6H3,(H,19,21)(H,20,22)/t12?,13-,17+,18?/m1/s1. The number of ether oxygens (including phenoxy) is 1. The second-order valence-electron chi connectivity index (χ2n) is 8.01. The molecule has 0 aromatic carbocycles. The summed E-state index contributed by atoms with van der Waals surface area (Å²) in [6, 6.07) is 0. The van der Waals surface area contributed by atoms with E-state index >= 15 is 0 Å². The molecule has 0 radical (unpaired) electrons. The number of amides is 2. The lowest BCUT2D eigenvalue weighted by Gasteiger charge is -2.42. The molecule has 4 atom stereocenters. The molecule has 2 N–H and O–H groups in total. The monoisotopic (exact) mass is 336 g/mol. The van der Waals surface area contributed by atoms with Crippen LogP contribution in [0.1, 0.15) is 47.0 Å². The van der Waals surface area contributed by atoms with Crippen LogP contribution in [0.15, 0.2) is 12.7 Å². The molecule has 0 aromatic rings. The molecule has 24 heavy (non-hydrogen) atoms. The summed E-state index contributed by atoms with van der Waals surface area (Å²) in [6.45, 7) is 10.8. The van der Waals surface area contributed by atoms with Gasteiger partial charge in [0.05, 0.1) is 7.11 Å². The minimum Gasteiger partial charge on any atom is -0.469 e. The van der Waals surface area contributed by atoms with Crippen LogP contribution in [0.5, 0.6) is 0 Å². The molecule has 2 amide bonds. The molecule has 2 saturated carbocycles. The van der Waals surface area contributed by atoms with Gasteiger partial charge in [-0.05, 0) is 51.9 Å². The molecule has 6 heteroatoms. The minimum absolute atomic E-state index is 0.0486. The minimum atomic E-state index is -1.29. The van der Waals surface area contributed by atoms with Gasteiger partial charge in [0.15, 0.2) is 0 Å². The molecule has 6 nitrogen and oxygen atoms in total. The first-order chi connectivity index (χ1) is 11.0. The van der Waals surface area contributed by atoms with Crippen LogP contribution < -0.4 is 10.6 Å². The number of allylic oxidation sites excluding steroid dienone is 1. The van der Waals surface area contributed by atoms with Gasteiger partial charge in [-0.1, -0.05) is 6.08 Å². The van der Waals surface area contributed by atoms with E-state index in [-0.39, 0.29) is 23.7 Å². The highest BCUT2D eigenvalue weighted by molar-refractivity contribution is 6.01. The van der Waals surface area contributed by atoms with Crippen LogP contribution in [0, 0.1) is 17.3 Å². The molecular weight excluding hydrogens is 308 g/mol. The first-order valence-corrected chi connectivity index (χ1v) is 8.36. The van der Waals surface area contributed by atoms with Crippen molar-refractivity contribution in [1.82, 2.24) is 10.6 Å². The van der Waals surface area contributed by atoms with E-state index < -0.39 is 22.5 Å². The normalized spacial score (nSPS) is 34.0.